The number of amides is 1. The molecule has 0 radical (unpaired) electrons. The van der Waals surface area contributed by atoms with E-state index in [1.165, 1.54) is 32.1 Å². The lowest BCUT2D eigenvalue weighted by atomic mass is 10.1. The molecule has 150 valence electrons. The maximum absolute atomic E-state index is 11.9. The molecule has 26 heavy (non-hydrogen) atoms. The topological polar surface area (TPSA) is 50.4 Å². The second kappa shape index (κ2) is 13.2. The molecule has 0 aromatic heterocycles. The Morgan fingerprint density at radius 3 is 2.50 bits per heavy atom. The van der Waals surface area contributed by atoms with Crippen molar-refractivity contribution >= 4 is 29.9 Å². The smallest absolute Gasteiger partial charge is 0.258 e. The number of hydrogen-bond donors (Lipinski definition) is 2. The molecule has 0 unspecified atom stereocenters. The second-order valence-electron chi connectivity index (χ2n) is 7.43. The molecule has 0 fully saturated rings. The van der Waals surface area contributed by atoms with Gasteiger partial charge in [0, 0.05) is 22.7 Å². The Morgan fingerprint density at radius 1 is 1.15 bits per heavy atom. The van der Waals surface area contributed by atoms with Crippen molar-refractivity contribution in [3.8, 4) is 5.75 Å². The Bertz CT molecular complexity index is 531. The number of carbonyl (C=O) groups is 1. The zero-order valence-electron chi connectivity index (χ0n) is 16.5. The molecule has 0 aliphatic rings. The average Bonchev–Trinajstić information content (AvgIpc) is 2.51. The molecule has 0 saturated carbocycles. The molecule has 0 saturated heterocycles. The molecule has 0 atom stereocenters. The number of hydrogen-bond acceptors (Lipinski definition) is 3. The Balaban J connectivity index is 0.00000625. The Labute approximate surface area is 169 Å². The van der Waals surface area contributed by atoms with Crippen LogP contribution in [0.3, 0.4) is 0 Å². The van der Waals surface area contributed by atoms with Crippen LogP contribution < -0.4 is 15.4 Å². The largest absolute Gasteiger partial charge is 0.483 e. The van der Waals surface area contributed by atoms with E-state index in [0.717, 1.165) is 12.1 Å². The van der Waals surface area contributed by atoms with Crippen molar-refractivity contribution < 1.29 is 9.53 Å². The van der Waals surface area contributed by atoms with Crippen LogP contribution in [-0.4, -0.2) is 24.6 Å². The van der Waals surface area contributed by atoms with Gasteiger partial charge < -0.3 is 15.4 Å². The van der Waals surface area contributed by atoms with Gasteiger partial charge in [0.2, 0.25) is 0 Å². The molecule has 2 N–H and O–H groups in total. The summed E-state index contributed by atoms with van der Waals surface area (Å²) < 4.78 is 5.70. The maximum Gasteiger partial charge on any atom is 0.258 e. The van der Waals surface area contributed by atoms with Crippen molar-refractivity contribution in [1.29, 1.82) is 0 Å². The Kier molecular flexibility index (Phi) is 12.7. The van der Waals surface area contributed by atoms with E-state index in [9.17, 15) is 4.79 Å². The van der Waals surface area contributed by atoms with Crippen molar-refractivity contribution in [3.05, 3.63) is 28.8 Å². The summed E-state index contributed by atoms with van der Waals surface area (Å²) in [6.45, 7) is 9.73. The van der Waals surface area contributed by atoms with Gasteiger partial charge in [-0.15, -0.1) is 12.4 Å². The number of halogens is 2. The fourth-order valence-electron chi connectivity index (χ4n) is 2.50. The first-order valence-electron chi connectivity index (χ1n) is 9.25. The van der Waals surface area contributed by atoms with Gasteiger partial charge >= 0.3 is 0 Å². The zero-order chi connectivity index (χ0) is 18.7. The van der Waals surface area contributed by atoms with Crippen molar-refractivity contribution in [2.75, 3.05) is 13.2 Å². The third-order valence-corrected chi connectivity index (χ3v) is 3.90. The molecule has 1 aromatic carbocycles. The van der Waals surface area contributed by atoms with Crippen molar-refractivity contribution in [1.82, 2.24) is 10.6 Å². The number of nitrogens with one attached hydrogen (secondary N) is 2. The predicted molar refractivity (Wildman–Crippen MR) is 113 cm³/mol. The van der Waals surface area contributed by atoms with E-state index in [0.29, 0.717) is 17.3 Å². The van der Waals surface area contributed by atoms with E-state index in [1.807, 2.05) is 32.9 Å². The summed E-state index contributed by atoms with van der Waals surface area (Å²) in [5.74, 6) is 0.573. The average molecular weight is 405 g/mol. The number of carbonyl (C=O) groups excluding carboxylic acids is 1. The van der Waals surface area contributed by atoms with Gasteiger partial charge in [0.1, 0.15) is 5.75 Å². The number of ether oxygens (including phenoxy) is 1. The molecule has 1 aromatic rings. The van der Waals surface area contributed by atoms with E-state index < -0.39 is 0 Å². The molecule has 6 heteroatoms. The molecular formula is C20H34Cl2N2O2. The van der Waals surface area contributed by atoms with Crippen LogP contribution in [0.1, 0.15) is 65.4 Å². The molecule has 0 bridgehead atoms. The quantitative estimate of drug-likeness (QED) is 0.503. The summed E-state index contributed by atoms with van der Waals surface area (Å²) in [5.41, 5.74) is 0.715. The van der Waals surface area contributed by atoms with Crippen molar-refractivity contribution in [2.24, 2.45) is 0 Å². The minimum atomic E-state index is -0.261. The van der Waals surface area contributed by atoms with Gasteiger partial charge in [-0.2, -0.15) is 0 Å². The Morgan fingerprint density at radius 2 is 1.85 bits per heavy atom. The summed E-state index contributed by atoms with van der Waals surface area (Å²) in [4.78, 5) is 11.9. The van der Waals surface area contributed by atoms with E-state index in [-0.39, 0.29) is 30.5 Å². The summed E-state index contributed by atoms with van der Waals surface area (Å²) in [7, 11) is 0. The van der Waals surface area contributed by atoms with Crippen LogP contribution in [0.4, 0.5) is 0 Å². The molecule has 0 aliphatic heterocycles. The summed E-state index contributed by atoms with van der Waals surface area (Å²) in [6.07, 6.45) is 6.30. The van der Waals surface area contributed by atoms with Gasteiger partial charge in [0.05, 0.1) is 0 Å². The van der Waals surface area contributed by atoms with Crippen LogP contribution in [0.15, 0.2) is 18.2 Å². The molecule has 0 spiro atoms. The van der Waals surface area contributed by atoms with Gasteiger partial charge in [-0.3, -0.25) is 4.79 Å². The number of rotatable bonds is 11. The van der Waals surface area contributed by atoms with E-state index in [2.05, 4.69) is 17.6 Å². The van der Waals surface area contributed by atoms with Crippen molar-refractivity contribution in [3.63, 3.8) is 0 Å². The first-order valence-corrected chi connectivity index (χ1v) is 9.62. The molecule has 1 amide bonds. The van der Waals surface area contributed by atoms with E-state index in [1.54, 1.807) is 6.07 Å². The SMILES string of the molecule is CCCCCCCNCc1cc(Cl)ccc1OCC(=O)NC(C)(C)C.Cl. The predicted octanol–water partition coefficient (Wildman–Crippen LogP) is 5.12. The molecule has 0 heterocycles. The highest BCUT2D eigenvalue weighted by molar-refractivity contribution is 6.30. The van der Waals surface area contributed by atoms with Crippen LogP contribution in [0.25, 0.3) is 0 Å². The fraction of sp³-hybridized carbons (Fsp3) is 0.650. The molecule has 4 nitrogen and oxygen atoms in total. The monoisotopic (exact) mass is 404 g/mol. The third kappa shape index (κ3) is 11.6. The minimum absolute atomic E-state index is 0. The lowest BCUT2D eigenvalue weighted by Gasteiger charge is -2.21. The van der Waals surface area contributed by atoms with Gasteiger partial charge in [0.15, 0.2) is 6.61 Å². The van der Waals surface area contributed by atoms with Crippen LogP contribution >= 0.6 is 24.0 Å². The lowest BCUT2D eigenvalue weighted by molar-refractivity contribution is -0.124. The van der Waals surface area contributed by atoms with Crippen LogP contribution in [-0.2, 0) is 11.3 Å². The van der Waals surface area contributed by atoms with Gasteiger partial charge in [0.25, 0.3) is 5.91 Å². The summed E-state index contributed by atoms with van der Waals surface area (Å²) >= 11 is 6.10. The standard InChI is InChI=1S/C20H33ClN2O2.ClH/c1-5-6-7-8-9-12-22-14-16-13-17(21)10-11-18(16)25-15-19(24)23-20(2,3)4;/h10-11,13,22H,5-9,12,14-15H2,1-4H3,(H,23,24);1H. The van der Waals surface area contributed by atoms with Gasteiger partial charge in [-0.1, -0.05) is 44.2 Å². The van der Waals surface area contributed by atoms with Crippen LogP contribution in [0.2, 0.25) is 5.02 Å². The molecule has 0 aliphatic carbocycles. The highest BCUT2D eigenvalue weighted by Crippen LogP contribution is 2.23. The number of unbranched alkanes of at least 4 members (excludes halogenated alkanes) is 4. The van der Waals surface area contributed by atoms with Crippen LogP contribution in [0.5, 0.6) is 5.75 Å². The summed E-state index contributed by atoms with van der Waals surface area (Å²) in [5, 5.41) is 7.00. The third-order valence-electron chi connectivity index (χ3n) is 3.67. The molecular weight excluding hydrogens is 371 g/mol. The second-order valence-corrected chi connectivity index (χ2v) is 7.87. The fourth-order valence-corrected chi connectivity index (χ4v) is 2.70. The van der Waals surface area contributed by atoms with Crippen LogP contribution in [0, 0.1) is 0 Å². The maximum atomic E-state index is 11.9. The van der Waals surface area contributed by atoms with E-state index in [4.69, 9.17) is 16.3 Å². The lowest BCUT2D eigenvalue weighted by Crippen LogP contribution is -2.43. The normalized spacial score (nSPS) is 11.0. The zero-order valence-corrected chi connectivity index (χ0v) is 18.1. The van der Waals surface area contributed by atoms with Gasteiger partial charge in [-0.05, 0) is 51.9 Å². The number of benzene rings is 1. The van der Waals surface area contributed by atoms with E-state index >= 15 is 0 Å². The Hall–Kier alpha value is -0.970. The highest BCUT2D eigenvalue weighted by Gasteiger charge is 2.14. The first-order chi connectivity index (χ1) is 11.8. The van der Waals surface area contributed by atoms with Crippen molar-refractivity contribution in [2.45, 2.75) is 71.9 Å². The minimum Gasteiger partial charge on any atom is -0.483 e. The van der Waals surface area contributed by atoms with Gasteiger partial charge in [-0.25, -0.2) is 0 Å². The summed E-state index contributed by atoms with van der Waals surface area (Å²) in [6, 6.07) is 5.50. The highest BCUT2D eigenvalue weighted by atomic mass is 35.5. The first kappa shape index (κ1) is 25.0. The molecule has 1 rings (SSSR count).